The van der Waals surface area contributed by atoms with Crippen LogP contribution in [0.5, 0.6) is 0 Å². The molecule has 0 aromatic heterocycles. The third-order valence-electron chi connectivity index (χ3n) is 4.95. The average Bonchev–Trinajstić information content (AvgIpc) is 3.05. The summed E-state index contributed by atoms with van der Waals surface area (Å²) >= 11 is 0. The van der Waals surface area contributed by atoms with Gasteiger partial charge in [0.1, 0.15) is 0 Å². The zero-order valence-corrected chi connectivity index (χ0v) is 19.5. The molecule has 2 rings (SSSR count). The first-order valence-electron chi connectivity index (χ1n) is 9.85. The lowest BCUT2D eigenvalue weighted by Crippen LogP contribution is -2.50. The molecule has 2 fully saturated rings. The summed E-state index contributed by atoms with van der Waals surface area (Å²) in [5, 5.41) is 9.30. The van der Waals surface area contributed by atoms with Crippen molar-refractivity contribution in [2.24, 2.45) is 10.9 Å². The first-order valence-corrected chi connectivity index (χ1v) is 9.85. The molecule has 2 amide bonds. The number of nitrogens with one attached hydrogen (secondary N) is 3. The lowest BCUT2D eigenvalue weighted by Gasteiger charge is -2.26. The fraction of sp³-hybridized carbons (Fsp3) is 0.842. The van der Waals surface area contributed by atoms with Crippen LogP contribution in [0.1, 0.15) is 59.3 Å². The predicted octanol–water partition coefficient (Wildman–Crippen LogP) is 1.87. The molecule has 8 heteroatoms. The quantitative estimate of drug-likeness (QED) is 0.317. The van der Waals surface area contributed by atoms with E-state index < -0.39 is 0 Å². The van der Waals surface area contributed by atoms with Crippen molar-refractivity contribution in [3.63, 3.8) is 0 Å². The van der Waals surface area contributed by atoms with Crippen LogP contribution in [0.4, 0.5) is 0 Å². The lowest BCUT2D eigenvalue weighted by molar-refractivity contribution is -0.135. The van der Waals surface area contributed by atoms with Crippen molar-refractivity contribution in [2.45, 2.75) is 70.9 Å². The van der Waals surface area contributed by atoms with E-state index in [4.69, 9.17) is 0 Å². The van der Waals surface area contributed by atoms with Crippen LogP contribution in [0.2, 0.25) is 0 Å². The van der Waals surface area contributed by atoms with E-state index in [-0.39, 0.29) is 53.9 Å². The normalized spacial score (nSPS) is 21.4. The Morgan fingerprint density at radius 1 is 1.11 bits per heavy atom. The smallest absolute Gasteiger partial charge is 0.239 e. The summed E-state index contributed by atoms with van der Waals surface area (Å²) < 4.78 is 0. The van der Waals surface area contributed by atoms with Crippen molar-refractivity contribution in [3.05, 3.63) is 0 Å². The number of guanidine groups is 1. The summed E-state index contributed by atoms with van der Waals surface area (Å²) in [7, 11) is 1.69. The molecule has 3 N–H and O–H groups in total. The first kappa shape index (κ1) is 24.0. The van der Waals surface area contributed by atoms with Gasteiger partial charge in [0, 0.05) is 37.6 Å². The fourth-order valence-electron chi connectivity index (χ4n) is 3.70. The van der Waals surface area contributed by atoms with Crippen molar-refractivity contribution < 1.29 is 9.59 Å². The molecule has 1 heterocycles. The zero-order chi connectivity index (χ0) is 19.2. The highest BCUT2D eigenvalue weighted by Crippen LogP contribution is 2.26. The highest BCUT2D eigenvalue weighted by atomic mass is 127. The molecule has 7 nitrogen and oxygen atoms in total. The minimum atomic E-state index is -0.249. The summed E-state index contributed by atoms with van der Waals surface area (Å²) in [4.78, 5) is 30.8. The zero-order valence-electron chi connectivity index (χ0n) is 17.1. The van der Waals surface area contributed by atoms with Crippen LogP contribution < -0.4 is 16.0 Å². The van der Waals surface area contributed by atoms with Gasteiger partial charge in [-0.3, -0.25) is 14.6 Å². The Labute approximate surface area is 180 Å². The van der Waals surface area contributed by atoms with Gasteiger partial charge in [-0.2, -0.15) is 0 Å². The molecule has 1 saturated carbocycles. The Balaban J connectivity index is 0.00000364. The number of halogens is 1. The van der Waals surface area contributed by atoms with E-state index in [0.29, 0.717) is 18.4 Å². The topological polar surface area (TPSA) is 85.8 Å². The van der Waals surface area contributed by atoms with Gasteiger partial charge in [0.15, 0.2) is 5.96 Å². The van der Waals surface area contributed by atoms with Crippen LogP contribution in [0.3, 0.4) is 0 Å². The molecule has 1 saturated heterocycles. The van der Waals surface area contributed by atoms with Gasteiger partial charge in [-0.25, -0.2) is 0 Å². The Kier molecular flexibility index (Phi) is 9.83. The monoisotopic (exact) mass is 493 g/mol. The van der Waals surface area contributed by atoms with Gasteiger partial charge in [0.05, 0.1) is 6.54 Å². The van der Waals surface area contributed by atoms with Crippen LogP contribution in [0.15, 0.2) is 4.99 Å². The van der Waals surface area contributed by atoms with Gasteiger partial charge in [-0.05, 0) is 40.0 Å². The molecule has 1 aliphatic heterocycles. The molecule has 1 aliphatic carbocycles. The minimum absolute atomic E-state index is 0. The molecule has 0 aromatic rings. The maximum absolute atomic E-state index is 12.6. The van der Waals surface area contributed by atoms with Gasteiger partial charge in [0.2, 0.25) is 11.8 Å². The third-order valence-corrected chi connectivity index (χ3v) is 4.95. The van der Waals surface area contributed by atoms with Gasteiger partial charge in [0.25, 0.3) is 0 Å². The molecule has 2 aliphatic rings. The highest BCUT2D eigenvalue weighted by molar-refractivity contribution is 14.0. The molecule has 0 bridgehead atoms. The van der Waals surface area contributed by atoms with Crippen molar-refractivity contribution >= 4 is 41.8 Å². The molecule has 156 valence electrons. The number of carbonyl (C=O) groups is 2. The number of amides is 2. The molecule has 0 spiro atoms. The molecule has 1 atom stereocenters. The minimum Gasteiger partial charge on any atom is -0.352 e. The summed E-state index contributed by atoms with van der Waals surface area (Å²) in [6.45, 7) is 7.55. The van der Waals surface area contributed by atoms with Gasteiger partial charge in [-0.15, -0.1) is 24.0 Å². The van der Waals surface area contributed by atoms with Crippen molar-refractivity contribution in [3.8, 4) is 0 Å². The maximum Gasteiger partial charge on any atom is 0.239 e. The van der Waals surface area contributed by atoms with E-state index in [9.17, 15) is 9.59 Å². The number of carbonyl (C=O) groups excluding carboxylic acids is 2. The molecular weight excluding hydrogens is 457 g/mol. The molecule has 1 unspecified atom stereocenters. The number of likely N-dealkylation sites (tertiary alicyclic amines) is 1. The van der Waals surface area contributed by atoms with Crippen LogP contribution in [-0.4, -0.2) is 60.9 Å². The molecule has 0 radical (unpaired) electrons. The number of nitrogens with zero attached hydrogens (tertiary/aromatic N) is 2. The maximum atomic E-state index is 12.6. The van der Waals surface area contributed by atoms with Gasteiger partial charge < -0.3 is 20.9 Å². The Morgan fingerprint density at radius 3 is 2.37 bits per heavy atom. The van der Waals surface area contributed by atoms with E-state index in [0.717, 1.165) is 25.8 Å². The van der Waals surface area contributed by atoms with Crippen LogP contribution >= 0.6 is 24.0 Å². The Hall–Kier alpha value is -1.06. The lowest BCUT2D eigenvalue weighted by atomic mass is 9.88. The second kappa shape index (κ2) is 11.1. The number of aliphatic imine (C=N–C) groups is 1. The SMILES string of the molecule is CN=C(NCC(=O)NC(C)(C)C)NC1CCN(C(=O)C2CCCCC2)C1.I. The van der Waals surface area contributed by atoms with Crippen LogP contribution in [-0.2, 0) is 9.59 Å². The third kappa shape index (κ3) is 8.23. The number of hydrogen-bond donors (Lipinski definition) is 3. The van der Waals surface area contributed by atoms with E-state index in [1.165, 1.54) is 19.3 Å². The molecule has 0 aromatic carbocycles. The van der Waals surface area contributed by atoms with E-state index in [1.54, 1.807) is 7.05 Å². The highest BCUT2D eigenvalue weighted by Gasteiger charge is 2.31. The van der Waals surface area contributed by atoms with E-state index in [1.807, 2.05) is 25.7 Å². The largest absolute Gasteiger partial charge is 0.352 e. The number of hydrogen-bond acceptors (Lipinski definition) is 3. The second-order valence-corrected chi connectivity index (χ2v) is 8.47. The van der Waals surface area contributed by atoms with Crippen LogP contribution in [0.25, 0.3) is 0 Å². The van der Waals surface area contributed by atoms with Gasteiger partial charge in [-0.1, -0.05) is 19.3 Å². The molecular formula is C19H36IN5O2. The first-order chi connectivity index (χ1) is 12.3. The van der Waals surface area contributed by atoms with Gasteiger partial charge >= 0.3 is 0 Å². The summed E-state index contributed by atoms with van der Waals surface area (Å²) in [5.41, 5.74) is -0.249. The summed E-state index contributed by atoms with van der Waals surface area (Å²) in [5.74, 6) is 1.08. The van der Waals surface area contributed by atoms with Crippen molar-refractivity contribution in [1.82, 2.24) is 20.9 Å². The second-order valence-electron chi connectivity index (χ2n) is 8.47. The standard InChI is InChI=1S/C19H35N5O2.HI/c1-19(2,3)23-16(25)12-21-18(20-4)22-15-10-11-24(13-15)17(26)14-8-6-5-7-9-14;/h14-15H,5-13H2,1-4H3,(H,23,25)(H2,20,21,22);1H. The summed E-state index contributed by atoms with van der Waals surface area (Å²) in [6, 6.07) is 0.180. The van der Waals surface area contributed by atoms with E-state index >= 15 is 0 Å². The van der Waals surface area contributed by atoms with E-state index in [2.05, 4.69) is 20.9 Å². The summed E-state index contributed by atoms with van der Waals surface area (Å²) in [6.07, 6.45) is 6.61. The Bertz CT molecular complexity index is 527. The average molecular weight is 493 g/mol. The van der Waals surface area contributed by atoms with Crippen LogP contribution in [0, 0.1) is 5.92 Å². The predicted molar refractivity (Wildman–Crippen MR) is 119 cm³/mol. The number of rotatable bonds is 4. The molecule has 27 heavy (non-hydrogen) atoms. The Morgan fingerprint density at radius 2 is 1.78 bits per heavy atom. The van der Waals surface area contributed by atoms with Crippen molar-refractivity contribution in [2.75, 3.05) is 26.7 Å². The fourth-order valence-corrected chi connectivity index (χ4v) is 3.70. The van der Waals surface area contributed by atoms with Crippen molar-refractivity contribution in [1.29, 1.82) is 0 Å².